The number of hydrogen-bond donors (Lipinski definition) is 7. The summed E-state index contributed by atoms with van der Waals surface area (Å²) in [5.74, 6) is -2.91. The van der Waals surface area contributed by atoms with E-state index in [9.17, 15) is 35.4 Å². The molecule has 0 aromatic carbocycles. The van der Waals surface area contributed by atoms with Crippen LogP contribution in [0.1, 0.15) is 105 Å². The minimum atomic E-state index is -1.63. The molecular formula is C50H80N4O12. The first-order valence-electron chi connectivity index (χ1n) is 23.1. The molecule has 3 heterocycles. The van der Waals surface area contributed by atoms with Gasteiger partial charge in [0, 0.05) is 68.8 Å². The Morgan fingerprint density at radius 3 is 2.38 bits per heavy atom. The van der Waals surface area contributed by atoms with E-state index >= 15 is 0 Å². The smallest absolute Gasteiger partial charge is 0.251 e. The zero-order valence-electron chi connectivity index (χ0n) is 41.4. The van der Waals surface area contributed by atoms with E-state index < -0.39 is 84.0 Å². The summed E-state index contributed by atoms with van der Waals surface area (Å²) in [6.45, 7) is 17.3. The number of rotatable bonds is 24. The lowest BCUT2D eigenvalue weighted by atomic mass is 9.72. The topological polar surface area (TPSA) is 240 Å². The summed E-state index contributed by atoms with van der Waals surface area (Å²) in [6, 6.07) is 1.44. The van der Waals surface area contributed by atoms with Gasteiger partial charge in [-0.15, -0.1) is 0 Å². The lowest BCUT2D eigenvalue weighted by molar-refractivity contribution is -0.334. The molecule has 0 aliphatic carbocycles. The number of carbonyl (C=O) groups is 1. The first kappa shape index (κ1) is 56.8. The molecule has 0 saturated carbocycles. The summed E-state index contributed by atoms with van der Waals surface area (Å²) in [7, 11) is 6.43. The molecule has 2 aliphatic rings. The van der Waals surface area contributed by atoms with Crippen LogP contribution in [0.15, 0.2) is 63.9 Å². The summed E-state index contributed by atoms with van der Waals surface area (Å²) >= 11 is 0. The maximum Gasteiger partial charge on any atom is 0.251 e. The van der Waals surface area contributed by atoms with Crippen molar-refractivity contribution in [2.75, 3.05) is 41.5 Å². The minimum Gasteiger partial charge on any atom is -0.448 e. The highest BCUT2D eigenvalue weighted by Crippen LogP contribution is 2.55. The summed E-state index contributed by atoms with van der Waals surface area (Å²) in [4.78, 5) is 18.9. The normalized spacial score (nSPS) is 28.3. The highest BCUT2D eigenvalue weighted by molar-refractivity contribution is 5.81. The monoisotopic (exact) mass is 929 g/mol. The van der Waals surface area contributed by atoms with Crippen LogP contribution >= 0.6 is 0 Å². The molecule has 2 aliphatic heterocycles. The van der Waals surface area contributed by atoms with E-state index in [1.54, 1.807) is 32.0 Å². The van der Waals surface area contributed by atoms with Gasteiger partial charge in [0.25, 0.3) is 5.91 Å². The second-order valence-electron chi connectivity index (χ2n) is 19.3. The van der Waals surface area contributed by atoms with Gasteiger partial charge in [0.2, 0.25) is 0 Å². The number of nitrogens with zero attached hydrogens (tertiary/aromatic N) is 3. The van der Waals surface area contributed by atoms with Crippen LogP contribution < -0.4 is 5.32 Å². The molecule has 3 rings (SSSR count). The predicted molar refractivity (Wildman–Crippen MR) is 251 cm³/mol. The van der Waals surface area contributed by atoms with Crippen molar-refractivity contribution in [3.05, 3.63) is 71.0 Å². The zero-order valence-corrected chi connectivity index (χ0v) is 41.4. The molecule has 372 valence electrons. The van der Waals surface area contributed by atoms with E-state index in [1.807, 2.05) is 91.8 Å². The second-order valence-corrected chi connectivity index (χ2v) is 19.3. The van der Waals surface area contributed by atoms with Gasteiger partial charge >= 0.3 is 0 Å². The van der Waals surface area contributed by atoms with Gasteiger partial charge in [-0.05, 0) is 64.9 Å². The Bertz CT molecular complexity index is 1890. The number of oxazole rings is 1. The van der Waals surface area contributed by atoms with Crippen LogP contribution in [0.2, 0.25) is 0 Å². The van der Waals surface area contributed by atoms with Gasteiger partial charge in [0.1, 0.15) is 24.2 Å². The van der Waals surface area contributed by atoms with E-state index in [0.717, 1.165) is 16.7 Å². The van der Waals surface area contributed by atoms with E-state index in [2.05, 4.69) is 10.3 Å². The summed E-state index contributed by atoms with van der Waals surface area (Å²) < 4.78 is 30.2. The number of carbonyl (C=O) groups excluding carboxylic acids is 1. The largest absolute Gasteiger partial charge is 0.448 e. The molecule has 16 nitrogen and oxygen atoms in total. The molecule has 15 atom stereocenters. The molecule has 2 saturated heterocycles. The van der Waals surface area contributed by atoms with E-state index in [0.29, 0.717) is 24.4 Å². The number of nitriles is 1. The fourth-order valence-electron chi connectivity index (χ4n) is 8.64. The van der Waals surface area contributed by atoms with Crippen LogP contribution in [-0.2, 0) is 23.7 Å². The van der Waals surface area contributed by atoms with Crippen LogP contribution in [0.25, 0.3) is 6.08 Å². The highest BCUT2D eigenvalue weighted by atomic mass is 16.7. The average molecular weight is 929 g/mol. The van der Waals surface area contributed by atoms with Crippen molar-refractivity contribution in [2.24, 2.45) is 23.2 Å². The Hall–Kier alpha value is -3.57. The van der Waals surface area contributed by atoms with Gasteiger partial charge in [0.15, 0.2) is 17.8 Å². The number of hydrogen-bond acceptors (Lipinski definition) is 15. The van der Waals surface area contributed by atoms with Crippen LogP contribution in [-0.4, -0.2) is 155 Å². The maximum atomic E-state index is 12.6. The molecule has 1 aromatic rings. The molecule has 0 bridgehead atoms. The first-order valence-corrected chi connectivity index (χ1v) is 23.1. The number of aliphatic hydroxyl groups excluding tert-OH is 6. The molecule has 1 spiro atoms. The summed E-state index contributed by atoms with van der Waals surface area (Å²) in [6.07, 6.45) is 6.39. The van der Waals surface area contributed by atoms with Gasteiger partial charge in [-0.1, -0.05) is 77.5 Å². The molecule has 0 radical (unpaired) electrons. The van der Waals surface area contributed by atoms with Gasteiger partial charge in [-0.25, -0.2) is 4.98 Å². The zero-order chi connectivity index (χ0) is 49.7. The van der Waals surface area contributed by atoms with Gasteiger partial charge in [-0.2, -0.15) is 5.26 Å². The SMILES string of the molecule is COC[C@@H]([C@H](O)[C@H](O)C(=O)NCC[C@H](C)c1nc(/C=C/C[C@H]2O[C@@]3(C[C@H](O)[C@H]2C)O[C@H]([C@H](C[C@H](O)[C@H](C)[C@H](O)[C@H](C)/C=C(C)/C(C)=C/C=C/C(C)=C\C#N)OC)[C@H](O)C3(C)C)co1)N(C)C. The number of amides is 1. The first-order chi connectivity index (χ1) is 31.0. The predicted octanol–water partition coefficient (Wildman–Crippen LogP) is 4.57. The fraction of sp³-hybridized carbons (Fsp3) is 0.700. The van der Waals surface area contributed by atoms with E-state index in [1.165, 1.54) is 26.6 Å². The van der Waals surface area contributed by atoms with E-state index in [-0.39, 0.29) is 43.7 Å². The molecule has 2 fully saturated rings. The third-order valence-corrected chi connectivity index (χ3v) is 13.8. The number of aromatic nitrogens is 1. The number of aliphatic hydroxyl groups is 6. The van der Waals surface area contributed by atoms with E-state index in [4.69, 9.17) is 28.6 Å². The number of nitrogens with one attached hydrogen (secondary N) is 1. The number of methoxy groups -OCH3 is 2. The van der Waals surface area contributed by atoms with Crippen molar-refractivity contribution in [2.45, 2.75) is 161 Å². The Morgan fingerprint density at radius 2 is 1.76 bits per heavy atom. The lowest BCUT2D eigenvalue weighted by Crippen LogP contribution is -2.58. The number of ether oxygens (including phenoxy) is 4. The Balaban J connectivity index is 1.63. The van der Waals surface area contributed by atoms with Crippen molar-refractivity contribution >= 4 is 12.0 Å². The molecule has 0 unspecified atom stereocenters. The van der Waals surface area contributed by atoms with Crippen molar-refractivity contribution in [1.29, 1.82) is 5.26 Å². The van der Waals surface area contributed by atoms with Crippen LogP contribution in [0.4, 0.5) is 0 Å². The van der Waals surface area contributed by atoms with Gasteiger partial charge in [-0.3, -0.25) is 4.79 Å². The standard InChI is InChI=1S/C50H80N4O12/c1-29(20-22-51)16-14-17-30(2)32(4)24-33(5)42(57)35(7)38(55)25-41(63-13)45-46(60)49(8,9)50(66-45)26-39(56)34(6)40(65-50)19-15-18-36-27-64-48(53-36)31(3)21-23-52-47(61)44(59)43(58)37(28-62-12)54(10)11/h14-18,20,24,27,31,33-35,37-46,55-60H,19,21,23,25-26,28H2,1-13H3,(H,52,61)/b16-14+,18-15+,29-20-,30-17+,32-24+/t31-,33+,34+,35-,37-,38-,39-,40+,41-,42+,43-,44-,45+,46-,50-/m0/s1. The van der Waals surface area contributed by atoms with Crippen molar-refractivity contribution < 1.29 is 58.8 Å². The molecule has 1 aromatic heterocycles. The van der Waals surface area contributed by atoms with Crippen molar-refractivity contribution in [1.82, 2.24) is 15.2 Å². The van der Waals surface area contributed by atoms with Crippen molar-refractivity contribution in [3.63, 3.8) is 0 Å². The molecule has 16 heteroatoms. The molecule has 66 heavy (non-hydrogen) atoms. The Labute approximate surface area is 392 Å². The highest BCUT2D eigenvalue weighted by Gasteiger charge is 2.66. The average Bonchev–Trinajstić information content (AvgIpc) is 3.81. The number of allylic oxidation sites excluding steroid dienone is 7. The maximum absolute atomic E-state index is 12.6. The summed E-state index contributed by atoms with van der Waals surface area (Å²) in [5.41, 5.74) is 2.38. The number of likely N-dealkylation sites (N-methyl/N-ethyl adjacent to an activating group) is 1. The van der Waals surface area contributed by atoms with Crippen LogP contribution in [0.5, 0.6) is 0 Å². The van der Waals surface area contributed by atoms with Crippen LogP contribution in [0, 0.1) is 34.5 Å². The quantitative estimate of drug-likeness (QED) is 0.0555. The molecular weight excluding hydrogens is 849 g/mol. The lowest BCUT2D eigenvalue weighted by Gasteiger charge is -2.49. The summed E-state index contributed by atoms with van der Waals surface area (Å²) in [5, 5.41) is 78.6. The van der Waals surface area contributed by atoms with Crippen LogP contribution in [0.3, 0.4) is 0 Å². The Morgan fingerprint density at radius 1 is 1.08 bits per heavy atom. The third-order valence-electron chi connectivity index (χ3n) is 13.8. The third kappa shape index (κ3) is 14.5. The molecule has 7 N–H and O–H groups in total. The second kappa shape index (κ2) is 25.7. The molecule has 1 amide bonds. The van der Waals surface area contributed by atoms with Gasteiger partial charge < -0.3 is 64.2 Å². The van der Waals surface area contributed by atoms with Crippen molar-refractivity contribution in [3.8, 4) is 6.07 Å². The minimum absolute atomic E-state index is 0.0649. The fourth-order valence-corrected chi connectivity index (χ4v) is 8.64. The Kier molecular flexibility index (Phi) is 22.1. The van der Waals surface area contributed by atoms with Gasteiger partial charge in [0.05, 0.1) is 55.3 Å².